The van der Waals surface area contributed by atoms with Crippen molar-refractivity contribution in [1.29, 1.82) is 0 Å². The quantitative estimate of drug-likeness (QED) is 0.549. The van der Waals surface area contributed by atoms with Gasteiger partial charge in [0.25, 0.3) is 5.91 Å². The Kier molecular flexibility index (Phi) is 1.85. The highest BCUT2D eigenvalue weighted by atomic mass is 16.4. The summed E-state index contributed by atoms with van der Waals surface area (Å²) < 4.78 is 0. The van der Waals surface area contributed by atoms with E-state index < -0.39 is 17.8 Å². The van der Waals surface area contributed by atoms with Crippen molar-refractivity contribution in [1.82, 2.24) is 0 Å². The second-order valence-corrected chi connectivity index (χ2v) is 2.27. The van der Waals surface area contributed by atoms with Gasteiger partial charge in [0, 0.05) is 5.71 Å². The fraction of sp³-hybridized carbons (Fsp3) is 0.286. The first-order chi connectivity index (χ1) is 5.11. The van der Waals surface area contributed by atoms with Crippen LogP contribution in [0.3, 0.4) is 0 Å². The van der Waals surface area contributed by atoms with E-state index in [9.17, 15) is 9.59 Å². The smallest absolute Gasteiger partial charge is 0.320 e. The van der Waals surface area contributed by atoms with Crippen LogP contribution in [0.15, 0.2) is 17.1 Å². The highest BCUT2D eigenvalue weighted by Gasteiger charge is 2.24. The first-order valence-electron chi connectivity index (χ1n) is 3.11. The van der Waals surface area contributed by atoms with E-state index in [2.05, 4.69) is 4.99 Å². The van der Waals surface area contributed by atoms with Crippen LogP contribution in [0, 0.1) is 5.92 Å². The highest BCUT2D eigenvalue weighted by Crippen LogP contribution is 2.07. The minimum absolute atomic E-state index is 0.549. The molecule has 1 heterocycles. The van der Waals surface area contributed by atoms with Crippen LogP contribution in [-0.2, 0) is 9.59 Å². The van der Waals surface area contributed by atoms with Gasteiger partial charge < -0.3 is 5.11 Å². The summed E-state index contributed by atoms with van der Waals surface area (Å²) >= 11 is 0. The molecule has 0 bridgehead atoms. The van der Waals surface area contributed by atoms with Gasteiger partial charge in [-0.05, 0) is 13.0 Å². The average Bonchev–Trinajstić information content (AvgIpc) is 1.85. The molecule has 0 fully saturated rings. The van der Waals surface area contributed by atoms with Crippen LogP contribution < -0.4 is 0 Å². The Hall–Kier alpha value is -1.45. The van der Waals surface area contributed by atoms with E-state index in [0.29, 0.717) is 5.71 Å². The van der Waals surface area contributed by atoms with Crippen LogP contribution in [0.1, 0.15) is 6.92 Å². The number of hydrogen-bond acceptors (Lipinski definition) is 2. The van der Waals surface area contributed by atoms with Gasteiger partial charge in [0.2, 0.25) is 0 Å². The van der Waals surface area contributed by atoms with E-state index in [1.807, 2.05) is 0 Å². The molecule has 1 aliphatic rings. The van der Waals surface area contributed by atoms with Crippen molar-refractivity contribution in [3.8, 4) is 0 Å². The van der Waals surface area contributed by atoms with Crippen molar-refractivity contribution in [3.05, 3.63) is 12.2 Å². The predicted molar refractivity (Wildman–Crippen MR) is 38.4 cm³/mol. The topological polar surface area (TPSA) is 66.7 Å². The molecule has 11 heavy (non-hydrogen) atoms. The number of carboxylic acids is 1. The van der Waals surface area contributed by atoms with Gasteiger partial charge in [0.1, 0.15) is 0 Å². The summed E-state index contributed by atoms with van der Waals surface area (Å²) in [5.41, 5.74) is 0.549. The third-order valence-corrected chi connectivity index (χ3v) is 1.35. The maximum absolute atomic E-state index is 10.8. The molecule has 1 aliphatic heterocycles. The van der Waals surface area contributed by atoms with Crippen molar-refractivity contribution in [2.75, 3.05) is 0 Å². The average molecular weight is 153 g/mol. The fourth-order valence-electron chi connectivity index (χ4n) is 0.786. The molecule has 0 aromatic heterocycles. The molecule has 1 rings (SSSR count). The summed E-state index contributed by atoms with van der Waals surface area (Å²) in [7, 11) is 0. The Morgan fingerprint density at radius 3 is 2.82 bits per heavy atom. The number of nitrogens with zero attached hydrogens (tertiary/aromatic N) is 1. The van der Waals surface area contributed by atoms with Gasteiger partial charge in [-0.2, -0.15) is 0 Å². The minimum Gasteiger partial charge on any atom is -0.480 e. The molecule has 1 atom stereocenters. The third-order valence-electron chi connectivity index (χ3n) is 1.35. The molecule has 4 nitrogen and oxygen atoms in total. The number of amides is 1. The van der Waals surface area contributed by atoms with E-state index in [0.717, 1.165) is 0 Å². The van der Waals surface area contributed by atoms with E-state index >= 15 is 0 Å². The second kappa shape index (κ2) is 2.65. The first-order valence-corrected chi connectivity index (χ1v) is 3.11. The number of allylic oxidation sites excluding steroid dienone is 1. The molecule has 58 valence electrons. The number of rotatable bonds is 1. The Morgan fingerprint density at radius 1 is 1.73 bits per heavy atom. The number of aliphatic imine (C=N–C) groups is 1. The van der Waals surface area contributed by atoms with Crippen LogP contribution in [-0.4, -0.2) is 22.7 Å². The lowest BCUT2D eigenvalue weighted by Crippen LogP contribution is -2.23. The van der Waals surface area contributed by atoms with E-state index in [4.69, 9.17) is 5.11 Å². The van der Waals surface area contributed by atoms with Crippen LogP contribution in [0.5, 0.6) is 0 Å². The SMILES string of the molecule is CC1=NC(=O)C(C(=O)O)C=C1. The molecule has 0 aromatic rings. The highest BCUT2D eigenvalue weighted by molar-refractivity contribution is 6.10. The molecule has 1 unspecified atom stereocenters. The molecular formula is C7H7NO3. The molecule has 1 amide bonds. The molecular weight excluding hydrogens is 146 g/mol. The monoisotopic (exact) mass is 153 g/mol. The second-order valence-electron chi connectivity index (χ2n) is 2.27. The molecule has 1 N–H and O–H groups in total. The van der Waals surface area contributed by atoms with Crippen LogP contribution in [0.4, 0.5) is 0 Å². The summed E-state index contributed by atoms with van der Waals surface area (Å²) in [5.74, 6) is -2.83. The Bertz CT molecular complexity index is 265. The number of carbonyl (C=O) groups is 2. The third kappa shape index (κ3) is 1.52. The number of carboxylic acid groups (broad SMARTS) is 1. The number of dihydropyridines is 1. The van der Waals surface area contributed by atoms with Crippen molar-refractivity contribution < 1.29 is 14.7 Å². The van der Waals surface area contributed by atoms with Gasteiger partial charge in [-0.3, -0.25) is 9.59 Å². The van der Waals surface area contributed by atoms with Gasteiger partial charge in [-0.25, -0.2) is 4.99 Å². The largest absolute Gasteiger partial charge is 0.480 e. The van der Waals surface area contributed by atoms with E-state index in [1.54, 1.807) is 6.92 Å². The maximum atomic E-state index is 10.8. The van der Waals surface area contributed by atoms with Gasteiger partial charge in [-0.1, -0.05) is 6.08 Å². The first kappa shape index (κ1) is 7.65. The molecule has 0 aromatic carbocycles. The molecule has 0 radical (unpaired) electrons. The fourth-order valence-corrected chi connectivity index (χ4v) is 0.786. The summed E-state index contributed by atoms with van der Waals surface area (Å²) in [6.45, 7) is 1.65. The molecule has 4 heteroatoms. The van der Waals surface area contributed by atoms with E-state index in [-0.39, 0.29) is 0 Å². The molecule has 0 aliphatic carbocycles. The summed E-state index contributed by atoms with van der Waals surface area (Å²) in [6.07, 6.45) is 2.87. The minimum atomic E-state index is -1.15. The lowest BCUT2D eigenvalue weighted by atomic mass is 10.1. The summed E-state index contributed by atoms with van der Waals surface area (Å²) in [5, 5.41) is 8.45. The van der Waals surface area contributed by atoms with Gasteiger partial charge in [0.05, 0.1) is 0 Å². The van der Waals surface area contributed by atoms with Crippen LogP contribution >= 0.6 is 0 Å². The van der Waals surface area contributed by atoms with Crippen molar-refractivity contribution in [2.24, 2.45) is 10.9 Å². The van der Waals surface area contributed by atoms with Gasteiger partial charge >= 0.3 is 5.97 Å². The summed E-state index contributed by atoms with van der Waals surface area (Å²) in [4.78, 5) is 24.7. The van der Waals surface area contributed by atoms with Crippen molar-refractivity contribution in [3.63, 3.8) is 0 Å². The van der Waals surface area contributed by atoms with Crippen molar-refractivity contribution in [2.45, 2.75) is 6.92 Å². The van der Waals surface area contributed by atoms with Crippen LogP contribution in [0.2, 0.25) is 0 Å². The number of carbonyl (C=O) groups excluding carboxylic acids is 1. The predicted octanol–water partition coefficient (Wildman–Crippen LogP) is 0.244. The maximum Gasteiger partial charge on any atom is 0.320 e. The van der Waals surface area contributed by atoms with Crippen LogP contribution in [0.25, 0.3) is 0 Å². The van der Waals surface area contributed by atoms with Gasteiger partial charge in [-0.15, -0.1) is 0 Å². The zero-order valence-corrected chi connectivity index (χ0v) is 5.94. The lowest BCUT2D eigenvalue weighted by molar-refractivity contribution is -0.143. The zero-order valence-electron chi connectivity index (χ0n) is 5.94. The summed E-state index contributed by atoms with van der Waals surface area (Å²) in [6, 6.07) is 0. The molecule has 0 spiro atoms. The Morgan fingerprint density at radius 2 is 2.36 bits per heavy atom. The Balaban J connectivity index is 2.86. The van der Waals surface area contributed by atoms with Crippen molar-refractivity contribution >= 4 is 17.6 Å². The number of aliphatic carboxylic acids is 1. The number of hydrogen-bond donors (Lipinski definition) is 1. The normalized spacial score (nSPS) is 23.2. The lowest BCUT2D eigenvalue weighted by Gasteiger charge is -2.06. The van der Waals surface area contributed by atoms with E-state index in [1.165, 1.54) is 12.2 Å². The Labute approximate surface area is 63.2 Å². The van der Waals surface area contributed by atoms with Gasteiger partial charge in [0.15, 0.2) is 5.92 Å². The molecule has 0 saturated carbocycles. The zero-order chi connectivity index (χ0) is 8.43. The standard InChI is InChI=1S/C7H7NO3/c1-4-2-3-5(7(10)11)6(9)8-4/h2-3,5H,1H3,(H,10,11). The molecule has 0 saturated heterocycles.